The van der Waals surface area contributed by atoms with Gasteiger partial charge in [-0.25, -0.2) is 12.8 Å². The van der Waals surface area contributed by atoms with Crippen molar-refractivity contribution in [3.8, 4) is 0 Å². The van der Waals surface area contributed by atoms with E-state index in [1.807, 2.05) is 13.0 Å². The average molecular weight is 416 g/mol. The van der Waals surface area contributed by atoms with Gasteiger partial charge in [-0.3, -0.25) is 4.98 Å². The van der Waals surface area contributed by atoms with Crippen LogP contribution >= 0.6 is 0 Å². The summed E-state index contributed by atoms with van der Waals surface area (Å²) < 4.78 is 76.3. The molecule has 0 spiro atoms. The molecule has 0 saturated heterocycles. The zero-order valence-corrected chi connectivity index (χ0v) is 16.4. The molecule has 0 aliphatic heterocycles. The summed E-state index contributed by atoms with van der Waals surface area (Å²) in [6.07, 6.45) is 2.04. The highest BCUT2D eigenvalue weighted by Crippen LogP contribution is 2.47. The molecule has 1 N–H and O–H groups in total. The van der Waals surface area contributed by atoms with Crippen molar-refractivity contribution in [3.63, 3.8) is 0 Å². The summed E-state index contributed by atoms with van der Waals surface area (Å²) in [6.45, 7) is 5.46. The van der Waals surface area contributed by atoms with Crippen LogP contribution in [0.5, 0.6) is 0 Å². The highest BCUT2D eigenvalue weighted by molar-refractivity contribution is 7.92. The van der Waals surface area contributed by atoms with E-state index in [4.69, 9.17) is 0 Å². The molecule has 1 unspecified atom stereocenters. The van der Waals surface area contributed by atoms with Gasteiger partial charge in [0.05, 0.1) is 6.04 Å². The second-order valence-electron chi connectivity index (χ2n) is 7.42. The first-order valence-electron chi connectivity index (χ1n) is 8.71. The number of pyridine rings is 1. The molecule has 28 heavy (non-hydrogen) atoms. The van der Waals surface area contributed by atoms with Gasteiger partial charge in [-0.1, -0.05) is 19.1 Å². The van der Waals surface area contributed by atoms with Crippen LogP contribution in [0.25, 0.3) is 0 Å². The summed E-state index contributed by atoms with van der Waals surface area (Å²) in [5.74, 6) is -1.40. The third-order valence-corrected chi connectivity index (χ3v) is 6.51. The fourth-order valence-electron chi connectivity index (χ4n) is 3.03. The molecule has 9 heteroatoms. The zero-order chi connectivity index (χ0) is 20.9. The molecule has 1 atom stereocenters. The number of aromatic nitrogens is 1. The van der Waals surface area contributed by atoms with Crippen molar-refractivity contribution in [1.82, 2.24) is 4.98 Å². The lowest BCUT2D eigenvalue weighted by Crippen LogP contribution is -2.25. The van der Waals surface area contributed by atoms with Crippen LogP contribution in [0.3, 0.4) is 0 Å². The Morgan fingerprint density at radius 3 is 2.43 bits per heavy atom. The van der Waals surface area contributed by atoms with E-state index >= 15 is 0 Å². The normalized spacial score (nSPS) is 17.2. The monoisotopic (exact) mass is 416 g/mol. The minimum absolute atomic E-state index is 0.0115. The fourth-order valence-corrected chi connectivity index (χ4v) is 3.89. The fraction of sp³-hybridized carbons (Fsp3) is 0.421. The lowest BCUT2D eigenvalue weighted by atomic mass is 10.0. The van der Waals surface area contributed by atoms with Gasteiger partial charge < -0.3 is 5.32 Å². The maximum absolute atomic E-state index is 14.7. The van der Waals surface area contributed by atoms with E-state index in [0.717, 1.165) is 30.3 Å². The van der Waals surface area contributed by atoms with Gasteiger partial charge in [0.1, 0.15) is 10.7 Å². The summed E-state index contributed by atoms with van der Waals surface area (Å²) in [5.41, 5.74) is -3.42. The second kappa shape index (κ2) is 6.72. The summed E-state index contributed by atoms with van der Waals surface area (Å²) in [4.78, 5) is 3.15. The number of alkyl halides is 3. The first kappa shape index (κ1) is 20.6. The highest BCUT2D eigenvalue weighted by atomic mass is 32.2. The van der Waals surface area contributed by atoms with Crippen LogP contribution in [0, 0.1) is 12.7 Å². The number of benzene rings is 1. The number of hydrogen-bond donors (Lipinski definition) is 1. The van der Waals surface area contributed by atoms with Crippen LogP contribution in [0.1, 0.15) is 49.7 Å². The third kappa shape index (κ3) is 3.72. The van der Waals surface area contributed by atoms with Gasteiger partial charge in [0, 0.05) is 28.1 Å². The number of sulfone groups is 1. The van der Waals surface area contributed by atoms with Crippen LogP contribution in [-0.4, -0.2) is 18.9 Å². The summed E-state index contributed by atoms with van der Waals surface area (Å²) in [6, 6.07) is 5.82. The van der Waals surface area contributed by atoms with E-state index in [0.29, 0.717) is 11.8 Å². The van der Waals surface area contributed by atoms with Crippen molar-refractivity contribution in [3.05, 3.63) is 53.1 Å². The third-order valence-electron chi connectivity index (χ3n) is 5.01. The van der Waals surface area contributed by atoms with Crippen LogP contribution < -0.4 is 5.32 Å². The van der Waals surface area contributed by atoms with Crippen molar-refractivity contribution in [2.75, 3.05) is 5.32 Å². The van der Waals surface area contributed by atoms with Crippen LogP contribution in [0.2, 0.25) is 0 Å². The van der Waals surface area contributed by atoms with E-state index in [-0.39, 0.29) is 11.0 Å². The Kier molecular flexibility index (Phi) is 4.94. The number of anilines is 1. The number of rotatable bonds is 5. The summed E-state index contributed by atoms with van der Waals surface area (Å²) >= 11 is 0. The highest BCUT2D eigenvalue weighted by Gasteiger charge is 2.48. The molecule has 1 heterocycles. The number of aryl methyl sites for hydroxylation is 1. The Morgan fingerprint density at radius 2 is 1.86 bits per heavy atom. The van der Waals surface area contributed by atoms with Gasteiger partial charge in [0.25, 0.3) is 9.84 Å². The molecular formula is C19H20F4N2O2S. The van der Waals surface area contributed by atoms with E-state index in [1.165, 1.54) is 6.07 Å². The Bertz CT molecular complexity index is 1020. The molecule has 152 valence electrons. The molecule has 1 aromatic heterocycles. The molecule has 1 aromatic carbocycles. The SMILES string of the molecule is Cc1cc(NC(C)c2cccc(S(=O)(=O)C(F)(F)F)c2F)cc(C2(C)CC2)n1. The molecule has 1 aliphatic rings. The molecule has 2 aromatic rings. The Hall–Kier alpha value is -2.16. The van der Waals surface area contributed by atoms with Crippen molar-refractivity contribution in [2.45, 2.75) is 55.5 Å². The lowest BCUT2D eigenvalue weighted by Gasteiger charge is -2.20. The Balaban J connectivity index is 1.93. The molecular weight excluding hydrogens is 396 g/mol. The standard InChI is InChI=1S/C19H20F4N2O2S/c1-11-9-13(10-16(24-11)18(3)7-8-18)25-12(2)14-5-4-6-15(17(14)20)28(26,27)19(21,22)23/h4-6,9-10,12H,7-8H2,1-3H3,(H,24,25). The zero-order valence-electron chi connectivity index (χ0n) is 15.6. The van der Waals surface area contributed by atoms with Crippen LogP contribution in [0.15, 0.2) is 35.2 Å². The van der Waals surface area contributed by atoms with E-state index in [1.54, 1.807) is 13.0 Å². The van der Waals surface area contributed by atoms with Gasteiger partial charge in [-0.15, -0.1) is 0 Å². The minimum atomic E-state index is -5.77. The van der Waals surface area contributed by atoms with Gasteiger partial charge in [-0.05, 0) is 44.9 Å². The van der Waals surface area contributed by atoms with E-state index in [9.17, 15) is 26.0 Å². The summed E-state index contributed by atoms with van der Waals surface area (Å²) in [5, 5.41) is 3.04. The maximum atomic E-state index is 14.7. The van der Waals surface area contributed by atoms with Crippen molar-refractivity contribution in [2.24, 2.45) is 0 Å². The van der Waals surface area contributed by atoms with Crippen molar-refractivity contribution >= 4 is 15.5 Å². The van der Waals surface area contributed by atoms with E-state index < -0.39 is 32.1 Å². The molecule has 4 nitrogen and oxygen atoms in total. The largest absolute Gasteiger partial charge is 0.502 e. The molecule has 1 saturated carbocycles. The molecule has 1 aliphatic carbocycles. The molecule has 0 amide bonds. The predicted molar refractivity (Wildman–Crippen MR) is 97.2 cm³/mol. The van der Waals surface area contributed by atoms with Crippen LogP contribution in [0.4, 0.5) is 23.2 Å². The van der Waals surface area contributed by atoms with Crippen molar-refractivity contribution in [1.29, 1.82) is 0 Å². The van der Waals surface area contributed by atoms with Crippen LogP contribution in [-0.2, 0) is 15.3 Å². The first-order chi connectivity index (χ1) is 12.8. The molecule has 0 bridgehead atoms. The molecule has 1 fully saturated rings. The summed E-state index contributed by atoms with van der Waals surface area (Å²) in [7, 11) is -5.77. The topological polar surface area (TPSA) is 59.1 Å². The minimum Gasteiger partial charge on any atom is -0.378 e. The first-order valence-corrected chi connectivity index (χ1v) is 10.2. The predicted octanol–water partition coefficient (Wildman–Crippen LogP) is 5.05. The quantitative estimate of drug-likeness (QED) is 0.694. The van der Waals surface area contributed by atoms with Gasteiger partial charge in [0.15, 0.2) is 0 Å². The number of hydrogen-bond acceptors (Lipinski definition) is 4. The number of nitrogens with zero attached hydrogens (tertiary/aromatic N) is 1. The smallest absolute Gasteiger partial charge is 0.378 e. The average Bonchev–Trinajstić information content (AvgIpc) is 3.32. The second-order valence-corrected chi connectivity index (χ2v) is 9.33. The molecule has 3 rings (SSSR count). The number of nitrogens with one attached hydrogen (secondary N) is 1. The van der Waals surface area contributed by atoms with Gasteiger partial charge in [0.2, 0.25) is 0 Å². The van der Waals surface area contributed by atoms with E-state index in [2.05, 4.69) is 17.2 Å². The Morgan fingerprint density at radius 1 is 1.21 bits per heavy atom. The molecule has 0 radical (unpaired) electrons. The van der Waals surface area contributed by atoms with Crippen molar-refractivity contribution < 1.29 is 26.0 Å². The lowest BCUT2D eigenvalue weighted by molar-refractivity contribution is -0.0437. The maximum Gasteiger partial charge on any atom is 0.502 e. The van der Waals surface area contributed by atoms with Gasteiger partial charge in [-0.2, -0.15) is 13.2 Å². The number of halogens is 4. The van der Waals surface area contributed by atoms with Gasteiger partial charge >= 0.3 is 5.51 Å². The Labute approximate surface area is 160 Å².